The summed E-state index contributed by atoms with van der Waals surface area (Å²) in [4.78, 5) is 12.2. The van der Waals surface area contributed by atoms with E-state index in [9.17, 15) is 4.79 Å². The van der Waals surface area contributed by atoms with E-state index < -0.39 is 0 Å². The van der Waals surface area contributed by atoms with Crippen LogP contribution >= 0.6 is 34.2 Å². The molecule has 0 unspecified atom stereocenters. The first kappa shape index (κ1) is 13.6. The minimum Gasteiger partial charge on any atom is -0.294 e. The van der Waals surface area contributed by atoms with Crippen LogP contribution in [0.15, 0.2) is 42.5 Å². The fraction of sp³-hybridized carbons (Fsp3) is 0.133. The van der Waals surface area contributed by atoms with Crippen molar-refractivity contribution < 1.29 is 4.79 Å². The average molecular weight is 371 g/mol. The second-order valence-electron chi connectivity index (χ2n) is 4.21. The second-order valence-corrected chi connectivity index (χ2v) is 5.81. The van der Waals surface area contributed by atoms with Gasteiger partial charge < -0.3 is 0 Å². The van der Waals surface area contributed by atoms with E-state index in [1.54, 1.807) is 12.1 Å². The minimum atomic E-state index is 0.104. The van der Waals surface area contributed by atoms with Crippen molar-refractivity contribution >= 4 is 40.0 Å². The Morgan fingerprint density at radius 2 is 2.00 bits per heavy atom. The van der Waals surface area contributed by atoms with E-state index in [0.29, 0.717) is 17.0 Å². The Bertz CT molecular complexity index is 593. The molecule has 2 aromatic carbocycles. The molecular weight excluding hydrogens is 359 g/mol. The Morgan fingerprint density at radius 1 is 1.22 bits per heavy atom. The highest BCUT2D eigenvalue weighted by Gasteiger charge is 2.11. The first-order valence-electron chi connectivity index (χ1n) is 5.60. The number of halogens is 2. The molecule has 0 saturated carbocycles. The van der Waals surface area contributed by atoms with E-state index >= 15 is 0 Å². The molecule has 0 aromatic heterocycles. The third kappa shape index (κ3) is 3.33. The Morgan fingerprint density at radius 3 is 2.72 bits per heavy atom. The standard InChI is InChI=1S/C15H12ClIO/c1-10-3-2-4-11(7-10)8-15(18)13-9-12(16)5-6-14(13)17/h2-7,9H,8H2,1H3. The summed E-state index contributed by atoms with van der Waals surface area (Å²) in [5, 5.41) is 0.600. The molecule has 0 amide bonds. The number of carbonyl (C=O) groups is 1. The molecule has 0 aliphatic rings. The van der Waals surface area contributed by atoms with Gasteiger partial charge >= 0.3 is 0 Å². The molecule has 18 heavy (non-hydrogen) atoms. The summed E-state index contributed by atoms with van der Waals surface area (Å²) in [5.41, 5.74) is 2.90. The van der Waals surface area contributed by atoms with Crippen LogP contribution in [-0.4, -0.2) is 5.78 Å². The molecule has 0 bridgehead atoms. The van der Waals surface area contributed by atoms with Gasteiger partial charge in [0.05, 0.1) is 0 Å². The summed E-state index contributed by atoms with van der Waals surface area (Å²) in [6.45, 7) is 2.02. The molecular formula is C15H12ClIO. The van der Waals surface area contributed by atoms with Gasteiger partial charge in [0.2, 0.25) is 0 Å². The summed E-state index contributed by atoms with van der Waals surface area (Å²) in [6.07, 6.45) is 0.415. The summed E-state index contributed by atoms with van der Waals surface area (Å²) in [7, 11) is 0. The fourth-order valence-electron chi connectivity index (χ4n) is 1.81. The van der Waals surface area contributed by atoms with Gasteiger partial charge in [-0.05, 0) is 53.3 Å². The van der Waals surface area contributed by atoms with Gasteiger partial charge in [0.15, 0.2) is 5.78 Å². The van der Waals surface area contributed by atoms with Gasteiger partial charge in [0.1, 0.15) is 0 Å². The van der Waals surface area contributed by atoms with E-state index in [1.807, 2.05) is 37.3 Å². The maximum Gasteiger partial charge on any atom is 0.168 e. The zero-order valence-electron chi connectivity index (χ0n) is 9.91. The molecule has 0 fully saturated rings. The van der Waals surface area contributed by atoms with Crippen LogP contribution < -0.4 is 0 Å². The second kappa shape index (κ2) is 5.85. The van der Waals surface area contributed by atoms with Crippen molar-refractivity contribution in [2.24, 2.45) is 0 Å². The van der Waals surface area contributed by atoms with Crippen molar-refractivity contribution in [1.29, 1.82) is 0 Å². The maximum atomic E-state index is 12.2. The van der Waals surface area contributed by atoms with Gasteiger partial charge in [-0.1, -0.05) is 41.4 Å². The third-order valence-corrected chi connectivity index (χ3v) is 3.85. The van der Waals surface area contributed by atoms with E-state index in [2.05, 4.69) is 22.6 Å². The monoisotopic (exact) mass is 370 g/mol. The smallest absolute Gasteiger partial charge is 0.168 e. The van der Waals surface area contributed by atoms with Gasteiger partial charge in [0, 0.05) is 20.6 Å². The zero-order valence-corrected chi connectivity index (χ0v) is 12.8. The van der Waals surface area contributed by atoms with Crippen molar-refractivity contribution in [1.82, 2.24) is 0 Å². The third-order valence-electron chi connectivity index (χ3n) is 2.68. The Balaban J connectivity index is 2.24. The van der Waals surface area contributed by atoms with E-state index in [4.69, 9.17) is 11.6 Å². The number of carbonyl (C=O) groups excluding carboxylic acids is 1. The van der Waals surface area contributed by atoms with Crippen molar-refractivity contribution in [3.8, 4) is 0 Å². The van der Waals surface area contributed by atoms with Crippen LogP contribution in [0.1, 0.15) is 21.5 Å². The zero-order chi connectivity index (χ0) is 13.1. The minimum absolute atomic E-state index is 0.104. The lowest BCUT2D eigenvalue weighted by atomic mass is 10.0. The number of hydrogen-bond donors (Lipinski definition) is 0. The molecule has 0 saturated heterocycles. The summed E-state index contributed by atoms with van der Waals surface area (Å²) < 4.78 is 0.939. The molecule has 0 spiro atoms. The molecule has 0 heterocycles. The number of hydrogen-bond acceptors (Lipinski definition) is 1. The number of benzene rings is 2. The lowest BCUT2D eigenvalue weighted by Gasteiger charge is -2.05. The van der Waals surface area contributed by atoms with Gasteiger partial charge in [-0.15, -0.1) is 0 Å². The van der Waals surface area contributed by atoms with Crippen molar-refractivity contribution in [3.05, 3.63) is 67.7 Å². The largest absolute Gasteiger partial charge is 0.294 e. The van der Waals surface area contributed by atoms with E-state index in [0.717, 1.165) is 9.13 Å². The van der Waals surface area contributed by atoms with Crippen molar-refractivity contribution in [2.75, 3.05) is 0 Å². The topological polar surface area (TPSA) is 17.1 Å². The predicted octanol–water partition coefficient (Wildman–Crippen LogP) is 4.68. The van der Waals surface area contributed by atoms with Crippen LogP contribution in [0.25, 0.3) is 0 Å². The van der Waals surface area contributed by atoms with Crippen molar-refractivity contribution in [3.63, 3.8) is 0 Å². The summed E-state index contributed by atoms with van der Waals surface area (Å²) >= 11 is 8.10. The lowest BCUT2D eigenvalue weighted by molar-refractivity contribution is 0.0992. The number of ketones is 1. The molecule has 0 radical (unpaired) electrons. The van der Waals surface area contributed by atoms with E-state index in [1.165, 1.54) is 5.56 Å². The van der Waals surface area contributed by atoms with Crippen LogP contribution in [0.3, 0.4) is 0 Å². The molecule has 0 aliphatic carbocycles. The Labute approximate surface area is 125 Å². The van der Waals surface area contributed by atoms with Gasteiger partial charge in [-0.3, -0.25) is 4.79 Å². The fourth-order valence-corrected chi connectivity index (χ4v) is 2.62. The predicted molar refractivity (Wildman–Crippen MR) is 83.4 cm³/mol. The highest BCUT2D eigenvalue weighted by molar-refractivity contribution is 14.1. The maximum absolute atomic E-state index is 12.2. The molecule has 0 aliphatic heterocycles. The first-order valence-corrected chi connectivity index (χ1v) is 7.06. The molecule has 2 rings (SSSR count). The Hall–Kier alpha value is -0.870. The van der Waals surface area contributed by atoms with Crippen molar-refractivity contribution in [2.45, 2.75) is 13.3 Å². The molecule has 92 valence electrons. The average Bonchev–Trinajstić information content (AvgIpc) is 2.32. The van der Waals surface area contributed by atoms with Crippen LogP contribution in [0.2, 0.25) is 5.02 Å². The molecule has 0 N–H and O–H groups in total. The number of rotatable bonds is 3. The first-order chi connectivity index (χ1) is 8.56. The summed E-state index contributed by atoms with van der Waals surface area (Å²) in [5.74, 6) is 0.104. The van der Waals surface area contributed by atoms with Crippen LogP contribution in [0.5, 0.6) is 0 Å². The molecule has 1 nitrogen and oxygen atoms in total. The van der Waals surface area contributed by atoms with Gasteiger partial charge in [-0.2, -0.15) is 0 Å². The van der Waals surface area contributed by atoms with Gasteiger partial charge in [0.25, 0.3) is 0 Å². The SMILES string of the molecule is Cc1cccc(CC(=O)c2cc(Cl)ccc2I)c1. The summed E-state index contributed by atoms with van der Waals surface area (Å²) in [6, 6.07) is 13.4. The highest BCUT2D eigenvalue weighted by Crippen LogP contribution is 2.20. The molecule has 0 atom stereocenters. The van der Waals surface area contributed by atoms with Crippen LogP contribution in [-0.2, 0) is 6.42 Å². The Kier molecular flexibility index (Phi) is 4.40. The number of aryl methyl sites for hydroxylation is 1. The van der Waals surface area contributed by atoms with Gasteiger partial charge in [-0.25, -0.2) is 0 Å². The normalized spacial score (nSPS) is 10.4. The van der Waals surface area contributed by atoms with E-state index in [-0.39, 0.29) is 5.78 Å². The quantitative estimate of drug-likeness (QED) is 0.566. The van der Waals surface area contributed by atoms with Crippen LogP contribution in [0.4, 0.5) is 0 Å². The number of Topliss-reactive ketones (excluding diaryl/α,β-unsaturated/α-hetero) is 1. The lowest BCUT2D eigenvalue weighted by Crippen LogP contribution is -2.05. The highest BCUT2D eigenvalue weighted by atomic mass is 127. The molecule has 2 aromatic rings. The molecule has 3 heteroatoms. The van der Waals surface area contributed by atoms with Crippen LogP contribution in [0, 0.1) is 10.5 Å².